The fraction of sp³-hybridized carbons (Fsp3) is 0.533. The summed E-state index contributed by atoms with van der Waals surface area (Å²) in [6.07, 6.45) is 0.929. The van der Waals surface area contributed by atoms with Crippen molar-refractivity contribution in [3.8, 4) is 11.5 Å². The molecule has 1 fully saturated rings. The van der Waals surface area contributed by atoms with Gasteiger partial charge in [-0.15, -0.1) is 11.6 Å². The van der Waals surface area contributed by atoms with Crippen LogP contribution in [0.2, 0.25) is 0 Å². The van der Waals surface area contributed by atoms with Gasteiger partial charge in [0.2, 0.25) is 6.79 Å². The highest BCUT2D eigenvalue weighted by Crippen LogP contribution is 2.40. The van der Waals surface area contributed by atoms with E-state index in [0.717, 1.165) is 36.8 Å². The van der Waals surface area contributed by atoms with Crippen molar-refractivity contribution < 1.29 is 14.3 Å². The van der Waals surface area contributed by atoms with Gasteiger partial charge in [0.15, 0.2) is 11.5 Å². The van der Waals surface area contributed by atoms with E-state index in [-0.39, 0.29) is 6.03 Å². The highest BCUT2D eigenvalue weighted by molar-refractivity contribution is 7.99. The van der Waals surface area contributed by atoms with E-state index >= 15 is 0 Å². The van der Waals surface area contributed by atoms with Crippen LogP contribution in [0.4, 0.5) is 4.79 Å². The number of amides is 2. The first-order valence-corrected chi connectivity index (χ1v) is 8.96. The molecule has 7 heteroatoms. The van der Waals surface area contributed by atoms with Crippen molar-refractivity contribution in [2.45, 2.75) is 11.7 Å². The van der Waals surface area contributed by atoms with Gasteiger partial charge in [0.1, 0.15) is 0 Å². The lowest BCUT2D eigenvalue weighted by Gasteiger charge is -2.20. The van der Waals surface area contributed by atoms with Crippen LogP contribution in [0, 0.1) is 0 Å². The molecule has 2 amide bonds. The minimum atomic E-state index is -0.0208. The van der Waals surface area contributed by atoms with E-state index in [1.165, 1.54) is 5.56 Å². The maximum atomic E-state index is 12.0. The summed E-state index contributed by atoms with van der Waals surface area (Å²) in [5.41, 5.74) is 1.23. The molecule has 0 aliphatic carbocycles. The first-order valence-electron chi connectivity index (χ1n) is 7.38. The van der Waals surface area contributed by atoms with Gasteiger partial charge in [-0.3, -0.25) is 0 Å². The Balaban J connectivity index is 1.61. The number of carbonyl (C=O) groups excluding carboxylic acids is 1. The van der Waals surface area contributed by atoms with E-state index in [4.69, 9.17) is 21.1 Å². The van der Waals surface area contributed by atoms with Gasteiger partial charge >= 0.3 is 6.03 Å². The molecule has 1 aromatic rings. The number of carbonyl (C=O) groups is 1. The molecular weight excluding hydrogens is 324 g/mol. The number of thioether (sulfide) groups is 1. The SMILES string of the molecule is O=C(NCCCl)N1CCSC(c2ccc3c(c2)OCO3)CC1. The fourth-order valence-electron chi connectivity index (χ4n) is 2.62. The van der Waals surface area contributed by atoms with Crippen molar-refractivity contribution in [3.63, 3.8) is 0 Å². The molecule has 5 nitrogen and oxygen atoms in total. The zero-order valence-electron chi connectivity index (χ0n) is 12.2. The van der Waals surface area contributed by atoms with Crippen molar-refractivity contribution in [2.75, 3.05) is 38.1 Å². The van der Waals surface area contributed by atoms with Gasteiger partial charge in [-0.05, 0) is 24.1 Å². The summed E-state index contributed by atoms with van der Waals surface area (Å²) < 4.78 is 10.8. The summed E-state index contributed by atoms with van der Waals surface area (Å²) in [6, 6.07) is 6.10. The maximum absolute atomic E-state index is 12.0. The van der Waals surface area contributed by atoms with Crippen LogP contribution in [0.5, 0.6) is 11.5 Å². The van der Waals surface area contributed by atoms with Crippen molar-refractivity contribution in [3.05, 3.63) is 23.8 Å². The van der Waals surface area contributed by atoms with E-state index in [1.807, 2.05) is 22.7 Å². The molecule has 2 aliphatic heterocycles. The third-order valence-corrected chi connectivity index (χ3v) is 5.29. The number of fused-ring (bicyclic) bond motifs is 1. The van der Waals surface area contributed by atoms with Gasteiger partial charge in [0, 0.05) is 36.5 Å². The number of hydrogen-bond donors (Lipinski definition) is 1. The molecule has 120 valence electrons. The average molecular weight is 343 g/mol. The maximum Gasteiger partial charge on any atom is 0.317 e. The van der Waals surface area contributed by atoms with Crippen LogP contribution in [0.15, 0.2) is 18.2 Å². The topological polar surface area (TPSA) is 50.8 Å². The Labute approximate surface area is 139 Å². The van der Waals surface area contributed by atoms with Gasteiger partial charge in [0.25, 0.3) is 0 Å². The molecule has 0 radical (unpaired) electrons. The zero-order chi connectivity index (χ0) is 15.4. The third kappa shape index (κ3) is 3.55. The first-order chi connectivity index (χ1) is 10.8. The molecule has 1 saturated heterocycles. The average Bonchev–Trinajstić information content (AvgIpc) is 2.87. The molecule has 0 bridgehead atoms. The second-order valence-electron chi connectivity index (χ2n) is 5.17. The quantitative estimate of drug-likeness (QED) is 0.858. The summed E-state index contributed by atoms with van der Waals surface area (Å²) in [5.74, 6) is 2.99. The second kappa shape index (κ2) is 7.33. The molecule has 0 aromatic heterocycles. The number of rotatable bonds is 3. The minimum Gasteiger partial charge on any atom is -0.454 e. The standard InChI is InChI=1S/C15H19ClN2O3S/c16-4-5-17-15(19)18-6-3-14(22-8-7-18)11-1-2-12-13(9-11)21-10-20-12/h1-2,9,14H,3-8,10H2,(H,17,19). The highest BCUT2D eigenvalue weighted by atomic mass is 35.5. The van der Waals surface area contributed by atoms with Crippen LogP contribution >= 0.6 is 23.4 Å². The molecule has 2 heterocycles. The molecule has 0 saturated carbocycles. The van der Waals surface area contributed by atoms with E-state index in [2.05, 4.69) is 17.4 Å². The number of alkyl halides is 1. The van der Waals surface area contributed by atoms with E-state index in [0.29, 0.717) is 24.5 Å². The number of ether oxygens (including phenoxy) is 2. The lowest BCUT2D eigenvalue weighted by atomic mass is 10.1. The minimum absolute atomic E-state index is 0.0208. The Hall–Kier alpha value is -1.27. The van der Waals surface area contributed by atoms with Crippen LogP contribution in [0.25, 0.3) is 0 Å². The van der Waals surface area contributed by atoms with Crippen molar-refractivity contribution in [2.24, 2.45) is 0 Å². The van der Waals surface area contributed by atoms with Gasteiger partial charge in [0.05, 0.1) is 0 Å². The normalized spacial score (nSPS) is 20.6. The fourth-order valence-corrected chi connectivity index (χ4v) is 3.93. The first kappa shape index (κ1) is 15.6. The van der Waals surface area contributed by atoms with Crippen molar-refractivity contribution in [1.29, 1.82) is 0 Å². The largest absolute Gasteiger partial charge is 0.454 e. The van der Waals surface area contributed by atoms with Gasteiger partial charge in [-0.2, -0.15) is 11.8 Å². The Morgan fingerprint density at radius 2 is 2.23 bits per heavy atom. The van der Waals surface area contributed by atoms with E-state index < -0.39 is 0 Å². The van der Waals surface area contributed by atoms with E-state index in [9.17, 15) is 4.79 Å². The second-order valence-corrected chi connectivity index (χ2v) is 6.86. The molecular formula is C15H19ClN2O3S. The number of halogens is 1. The molecule has 1 atom stereocenters. The molecule has 1 unspecified atom stereocenters. The summed E-state index contributed by atoms with van der Waals surface area (Å²) in [7, 11) is 0. The number of benzene rings is 1. The van der Waals surface area contributed by atoms with E-state index in [1.54, 1.807) is 0 Å². The van der Waals surface area contributed by atoms with Gasteiger partial charge in [-0.25, -0.2) is 4.79 Å². The number of urea groups is 1. The van der Waals surface area contributed by atoms with Crippen LogP contribution in [-0.4, -0.2) is 49.0 Å². The smallest absolute Gasteiger partial charge is 0.317 e. The van der Waals surface area contributed by atoms with Crippen LogP contribution in [-0.2, 0) is 0 Å². The Kier molecular flexibility index (Phi) is 5.20. The zero-order valence-corrected chi connectivity index (χ0v) is 13.8. The highest BCUT2D eigenvalue weighted by Gasteiger charge is 2.23. The lowest BCUT2D eigenvalue weighted by Crippen LogP contribution is -2.41. The van der Waals surface area contributed by atoms with Crippen LogP contribution in [0.3, 0.4) is 0 Å². The summed E-state index contributed by atoms with van der Waals surface area (Å²) in [6.45, 7) is 2.32. The summed E-state index contributed by atoms with van der Waals surface area (Å²) in [5, 5.41) is 3.20. The molecule has 3 rings (SSSR count). The predicted octanol–water partition coefficient (Wildman–Crippen LogP) is 2.84. The van der Waals surface area contributed by atoms with Gasteiger partial charge < -0.3 is 19.7 Å². The monoisotopic (exact) mass is 342 g/mol. The molecule has 0 spiro atoms. The lowest BCUT2D eigenvalue weighted by molar-refractivity contribution is 0.174. The number of hydrogen-bond acceptors (Lipinski definition) is 4. The molecule has 2 aliphatic rings. The Bertz CT molecular complexity index is 544. The predicted molar refractivity (Wildman–Crippen MR) is 88.1 cm³/mol. The Morgan fingerprint density at radius 1 is 1.36 bits per heavy atom. The Morgan fingerprint density at radius 3 is 3.09 bits per heavy atom. The molecule has 22 heavy (non-hydrogen) atoms. The summed E-state index contributed by atoms with van der Waals surface area (Å²) >= 11 is 7.49. The van der Waals surface area contributed by atoms with Crippen LogP contribution < -0.4 is 14.8 Å². The molecule has 1 aromatic carbocycles. The molecule has 1 N–H and O–H groups in total. The van der Waals surface area contributed by atoms with Gasteiger partial charge in [-0.1, -0.05) is 6.07 Å². The third-order valence-electron chi connectivity index (χ3n) is 3.77. The van der Waals surface area contributed by atoms with Crippen molar-refractivity contribution >= 4 is 29.4 Å². The van der Waals surface area contributed by atoms with Crippen LogP contribution in [0.1, 0.15) is 17.2 Å². The number of nitrogens with zero attached hydrogens (tertiary/aromatic N) is 1. The van der Waals surface area contributed by atoms with Crippen molar-refractivity contribution in [1.82, 2.24) is 10.2 Å². The number of nitrogens with one attached hydrogen (secondary N) is 1. The summed E-state index contributed by atoms with van der Waals surface area (Å²) in [4.78, 5) is 13.9.